The monoisotopic (exact) mass is 422 g/mol. The molecule has 0 aliphatic carbocycles. The first-order chi connectivity index (χ1) is 12.7. The molecule has 5 nitrogen and oxygen atoms in total. The van der Waals surface area contributed by atoms with Crippen LogP contribution in [0.25, 0.3) is 10.2 Å². The van der Waals surface area contributed by atoms with Crippen LogP contribution < -0.4 is 5.32 Å². The number of benzene rings is 2. The smallest absolute Gasteiger partial charge is 0.228 e. The zero-order chi connectivity index (χ0) is 19.6. The summed E-state index contributed by atoms with van der Waals surface area (Å²) in [6.45, 7) is 3.72. The Morgan fingerprint density at radius 2 is 1.89 bits per heavy atom. The first-order valence-electron chi connectivity index (χ1n) is 8.40. The third-order valence-corrected chi connectivity index (χ3v) is 7.55. The molecule has 0 atom stereocenters. The first kappa shape index (κ1) is 19.8. The average Bonchev–Trinajstić information content (AvgIpc) is 3.00. The van der Waals surface area contributed by atoms with E-state index >= 15 is 0 Å². The van der Waals surface area contributed by atoms with E-state index in [0.29, 0.717) is 16.2 Å². The van der Waals surface area contributed by atoms with Gasteiger partial charge in [0.05, 0.1) is 22.4 Å². The topological polar surface area (TPSA) is 76.1 Å². The Morgan fingerprint density at radius 1 is 1.19 bits per heavy atom. The minimum Gasteiger partial charge on any atom is -0.326 e. The fourth-order valence-corrected chi connectivity index (χ4v) is 5.72. The number of nitrogens with zero attached hydrogens (tertiary/aromatic N) is 1. The molecule has 0 fully saturated rings. The van der Waals surface area contributed by atoms with Crippen molar-refractivity contribution in [2.24, 2.45) is 5.92 Å². The Bertz CT molecular complexity index is 1070. The first-order valence-corrected chi connectivity index (χ1v) is 11.3. The average molecular weight is 423 g/mol. The molecule has 1 aromatic heterocycles. The molecule has 1 heterocycles. The largest absolute Gasteiger partial charge is 0.326 e. The molecule has 0 saturated carbocycles. The zero-order valence-corrected chi connectivity index (χ0v) is 17.3. The molecule has 0 saturated heterocycles. The summed E-state index contributed by atoms with van der Waals surface area (Å²) in [5.74, 6) is -0.0594. The van der Waals surface area contributed by atoms with Crippen molar-refractivity contribution in [2.75, 3.05) is 11.1 Å². The van der Waals surface area contributed by atoms with Crippen molar-refractivity contribution >= 4 is 54.6 Å². The van der Waals surface area contributed by atoms with Gasteiger partial charge in [-0.05, 0) is 41.8 Å². The van der Waals surface area contributed by atoms with Gasteiger partial charge in [-0.15, -0.1) is 11.3 Å². The number of amides is 1. The Kier molecular flexibility index (Phi) is 5.83. The molecule has 8 heteroatoms. The van der Waals surface area contributed by atoms with E-state index < -0.39 is 9.84 Å². The molecule has 0 bridgehead atoms. The van der Waals surface area contributed by atoms with E-state index in [4.69, 9.17) is 11.6 Å². The van der Waals surface area contributed by atoms with E-state index in [2.05, 4.69) is 10.3 Å². The Balaban J connectivity index is 1.76. The van der Waals surface area contributed by atoms with Gasteiger partial charge in [0.1, 0.15) is 0 Å². The van der Waals surface area contributed by atoms with Crippen molar-refractivity contribution in [3.8, 4) is 0 Å². The van der Waals surface area contributed by atoms with Crippen molar-refractivity contribution in [3.63, 3.8) is 0 Å². The van der Waals surface area contributed by atoms with Gasteiger partial charge in [-0.2, -0.15) is 0 Å². The van der Waals surface area contributed by atoms with Crippen LogP contribution in [0.2, 0.25) is 5.02 Å². The summed E-state index contributed by atoms with van der Waals surface area (Å²) in [6, 6.07) is 12.3. The van der Waals surface area contributed by atoms with E-state index in [-0.39, 0.29) is 28.3 Å². The van der Waals surface area contributed by atoms with E-state index in [9.17, 15) is 13.2 Å². The van der Waals surface area contributed by atoms with Gasteiger partial charge in [-0.3, -0.25) is 4.79 Å². The van der Waals surface area contributed by atoms with Gasteiger partial charge in [0.25, 0.3) is 0 Å². The summed E-state index contributed by atoms with van der Waals surface area (Å²) < 4.78 is 25.6. The summed E-state index contributed by atoms with van der Waals surface area (Å²) in [7, 11) is -3.39. The Morgan fingerprint density at radius 3 is 2.56 bits per heavy atom. The van der Waals surface area contributed by atoms with Crippen molar-refractivity contribution in [1.29, 1.82) is 0 Å². The number of carbonyl (C=O) groups excluding carboxylic acids is 1. The lowest BCUT2D eigenvalue weighted by molar-refractivity contribution is -0.115. The fraction of sp³-hybridized carbons (Fsp3) is 0.263. The molecule has 0 aliphatic heterocycles. The SMILES string of the molecule is CC(C)CS(=O)(=O)c1nc2ccc(NC(=O)Cc3ccc(Cl)cc3)cc2s1. The number of rotatable bonds is 6. The van der Waals surface area contributed by atoms with Crippen LogP contribution in [0.1, 0.15) is 19.4 Å². The molecule has 3 aromatic rings. The molecule has 3 rings (SSSR count). The maximum absolute atomic E-state index is 12.4. The zero-order valence-electron chi connectivity index (χ0n) is 14.9. The van der Waals surface area contributed by atoms with Crippen LogP contribution in [0, 0.1) is 5.92 Å². The number of hydrogen-bond donors (Lipinski definition) is 1. The maximum Gasteiger partial charge on any atom is 0.228 e. The molecule has 27 heavy (non-hydrogen) atoms. The highest BCUT2D eigenvalue weighted by Crippen LogP contribution is 2.29. The maximum atomic E-state index is 12.4. The number of hydrogen-bond acceptors (Lipinski definition) is 5. The molecule has 142 valence electrons. The normalized spacial score (nSPS) is 11.9. The van der Waals surface area contributed by atoms with Crippen molar-refractivity contribution < 1.29 is 13.2 Å². The van der Waals surface area contributed by atoms with Crippen LogP contribution in [0.4, 0.5) is 5.69 Å². The van der Waals surface area contributed by atoms with Crippen molar-refractivity contribution in [2.45, 2.75) is 24.6 Å². The predicted octanol–water partition coefficient (Wildman–Crippen LogP) is 4.56. The van der Waals surface area contributed by atoms with Crippen LogP contribution >= 0.6 is 22.9 Å². The number of nitrogens with one attached hydrogen (secondary N) is 1. The van der Waals surface area contributed by atoms with Crippen LogP contribution in [0.3, 0.4) is 0 Å². The quantitative estimate of drug-likeness (QED) is 0.631. The van der Waals surface area contributed by atoms with Gasteiger partial charge < -0.3 is 5.32 Å². The van der Waals surface area contributed by atoms with Gasteiger partial charge in [0.2, 0.25) is 20.1 Å². The molecule has 0 radical (unpaired) electrons. The molecule has 1 N–H and O–H groups in total. The van der Waals surface area contributed by atoms with Gasteiger partial charge in [0.15, 0.2) is 0 Å². The summed E-state index contributed by atoms with van der Waals surface area (Å²) >= 11 is 6.98. The van der Waals surface area contributed by atoms with Crippen LogP contribution in [-0.4, -0.2) is 25.1 Å². The van der Waals surface area contributed by atoms with Crippen LogP contribution in [0.5, 0.6) is 0 Å². The molecule has 0 aliphatic rings. The summed E-state index contributed by atoms with van der Waals surface area (Å²) in [4.78, 5) is 16.5. The van der Waals surface area contributed by atoms with E-state index in [1.807, 2.05) is 13.8 Å². The van der Waals surface area contributed by atoms with Crippen molar-refractivity contribution in [3.05, 3.63) is 53.1 Å². The van der Waals surface area contributed by atoms with E-state index in [0.717, 1.165) is 21.6 Å². The third kappa shape index (κ3) is 5.06. The van der Waals surface area contributed by atoms with Gasteiger partial charge in [-0.25, -0.2) is 13.4 Å². The molecule has 0 unspecified atom stereocenters. The number of carbonyl (C=O) groups is 1. The predicted molar refractivity (Wildman–Crippen MR) is 110 cm³/mol. The summed E-state index contributed by atoms with van der Waals surface area (Å²) in [6.07, 6.45) is 0.228. The number of halogens is 1. The van der Waals surface area contributed by atoms with Crippen LogP contribution in [-0.2, 0) is 21.1 Å². The number of aromatic nitrogens is 1. The summed E-state index contributed by atoms with van der Waals surface area (Å²) in [5, 5.41) is 3.46. The van der Waals surface area contributed by atoms with Gasteiger partial charge >= 0.3 is 0 Å². The third-order valence-electron chi connectivity index (χ3n) is 3.75. The van der Waals surface area contributed by atoms with Gasteiger partial charge in [-0.1, -0.05) is 37.6 Å². The number of anilines is 1. The Hall–Kier alpha value is -1.96. The molecule has 1 amide bonds. The lowest BCUT2D eigenvalue weighted by Crippen LogP contribution is -2.14. The van der Waals surface area contributed by atoms with E-state index in [1.54, 1.807) is 42.5 Å². The number of fused-ring (bicyclic) bond motifs is 1. The minimum atomic E-state index is -3.39. The molecular formula is C19H19ClN2O3S2. The standard InChI is InChI=1S/C19H19ClN2O3S2/c1-12(2)11-27(24,25)19-22-16-8-7-15(10-17(16)26-19)21-18(23)9-13-3-5-14(20)6-4-13/h3-8,10,12H,9,11H2,1-2H3,(H,21,23). The molecular weight excluding hydrogens is 404 g/mol. The second-order valence-corrected chi connectivity index (χ2v) is 10.4. The Labute approximate surface area is 167 Å². The lowest BCUT2D eigenvalue weighted by Gasteiger charge is -2.05. The molecule has 0 spiro atoms. The summed E-state index contributed by atoms with van der Waals surface area (Å²) in [5.41, 5.74) is 2.08. The highest BCUT2D eigenvalue weighted by atomic mass is 35.5. The molecule has 2 aromatic carbocycles. The van der Waals surface area contributed by atoms with Crippen LogP contribution in [0.15, 0.2) is 46.8 Å². The number of sulfone groups is 1. The van der Waals surface area contributed by atoms with Crippen molar-refractivity contribution in [1.82, 2.24) is 4.98 Å². The lowest BCUT2D eigenvalue weighted by atomic mass is 10.1. The fourth-order valence-electron chi connectivity index (χ4n) is 2.62. The van der Waals surface area contributed by atoms with Gasteiger partial charge in [0, 0.05) is 10.7 Å². The highest BCUT2D eigenvalue weighted by Gasteiger charge is 2.21. The highest BCUT2D eigenvalue weighted by molar-refractivity contribution is 7.93. The minimum absolute atomic E-state index is 0.0322. The number of thiazole rings is 1. The second kappa shape index (κ2) is 7.96. The second-order valence-electron chi connectivity index (χ2n) is 6.69. The van der Waals surface area contributed by atoms with E-state index in [1.165, 1.54) is 0 Å².